The van der Waals surface area contributed by atoms with Crippen molar-refractivity contribution in [2.24, 2.45) is 7.05 Å². The first-order chi connectivity index (χ1) is 19.8. The van der Waals surface area contributed by atoms with Crippen molar-refractivity contribution in [3.8, 4) is 11.1 Å². The second-order valence-electron chi connectivity index (χ2n) is 10.4. The molecule has 0 radical (unpaired) electrons. The summed E-state index contributed by atoms with van der Waals surface area (Å²) < 4.78 is 22.4. The molecule has 4 heterocycles. The number of pyridine rings is 2. The minimum atomic E-state index is -0.483. The molecule has 210 valence electrons. The van der Waals surface area contributed by atoms with Crippen LogP contribution in [0.4, 0.5) is 21.6 Å². The molecule has 3 aromatic heterocycles. The number of fused-ring (bicyclic) bond motifs is 3. The second-order valence-corrected chi connectivity index (χ2v) is 10.4. The van der Waals surface area contributed by atoms with Crippen molar-refractivity contribution in [1.82, 2.24) is 14.1 Å². The first kappa shape index (κ1) is 26.5. The highest BCUT2D eigenvalue weighted by molar-refractivity contribution is 6.07. The minimum Gasteiger partial charge on any atom is -0.461 e. The first-order valence-electron chi connectivity index (χ1n) is 13.7. The summed E-state index contributed by atoms with van der Waals surface area (Å²) in [5.74, 6) is -0.692. The fourth-order valence-electron chi connectivity index (χ4n) is 5.83. The van der Waals surface area contributed by atoms with Gasteiger partial charge in [-0.25, -0.2) is 9.37 Å². The van der Waals surface area contributed by atoms with Gasteiger partial charge in [-0.15, -0.1) is 0 Å². The number of hydrogen-bond donors (Lipinski definition) is 1. The molecule has 1 aliphatic heterocycles. The van der Waals surface area contributed by atoms with Crippen LogP contribution in [-0.4, -0.2) is 32.5 Å². The maximum absolute atomic E-state index is 13.9. The van der Waals surface area contributed by atoms with Crippen LogP contribution in [0.15, 0.2) is 59.7 Å². The Morgan fingerprint density at radius 2 is 1.93 bits per heavy atom. The fourth-order valence-corrected chi connectivity index (χ4v) is 5.83. The van der Waals surface area contributed by atoms with E-state index in [1.54, 1.807) is 24.2 Å². The molecular formula is C31H30FN5O4. The number of benzene rings is 1. The van der Waals surface area contributed by atoms with Gasteiger partial charge in [0.25, 0.3) is 11.5 Å². The number of nitrogens with one attached hydrogen (secondary N) is 1. The van der Waals surface area contributed by atoms with E-state index < -0.39 is 11.8 Å². The quantitative estimate of drug-likeness (QED) is 0.346. The van der Waals surface area contributed by atoms with Gasteiger partial charge in [0.05, 0.1) is 11.9 Å². The van der Waals surface area contributed by atoms with Gasteiger partial charge in [0.15, 0.2) is 0 Å². The van der Waals surface area contributed by atoms with Crippen LogP contribution in [-0.2, 0) is 42.6 Å². The minimum absolute atomic E-state index is 0.0484. The van der Waals surface area contributed by atoms with Crippen LogP contribution in [0.5, 0.6) is 0 Å². The molecule has 2 aliphatic rings. The predicted octanol–water partition coefficient (Wildman–Crippen LogP) is 4.73. The number of carbonyl (C=O) groups excluding carboxylic acids is 2. The summed E-state index contributed by atoms with van der Waals surface area (Å²) in [6.07, 6.45) is 7.02. The number of esters is 1. The Kier molecular flexibility index (Phi) is 6.90. The summed E-state index contributed by atoms with van der Waals surface area (Å²) in [6.45, 7) is 2.47. The summed E-state index contributed by atoms with van der Waals surface area (Å²) in [7, 11) is 1.63. The third-order valence-corrected chi connectivity index (χ3v) is 7.77. The standard InChI is InChI=1S/C31H30FN5O4/c1-19(38)41-18-24-23(21-14-25(30(39)35(2)17-21)34-29-11-10-22(32)16-33-29)7-5-9-27(24)37-13-12-36-26-8-4-3-6-20(26)15-28(36)31(37)40/h5,7,9-11,14-17H,3-4,6,8,12-13,18H2,1-2H3,(H,33,34). The fraction of sp³-hybridized carbons (Fsp3) is 0.290. The normalized spacial score (nSPS) is 14.4. The van der Waals surface area contributed by atoms with Crippen LogP contribution >= 0.6 is 0 Å². The molecule has 0 atom stereocenters. The average Bonchev–Trinajstić information content (AvgIpc) is 3.35. The van der Waals surface area contributed by atoms with E-state index in [-0.39, 0.29) is 23.8 Å². The summed E-state index contributed by atoms with van der Waals surface area (Å²) in [5, 5.41) is 2.98. The van der Waals surface area contributed by atoms with Gasteiger partial charge in [-0.2, -0.15) is 0 Å². The topological polar surface area (TPSA) is 98.5 Å². The smallest absolute Gasteiger partial charge is 0.302 e. The number of amides is 1. The zero-order chi connectivity index (χ0) is 28.7. The molecule has 1 amide bonds. The summed E-state index contributed by atoms with van der Waals surface area (Å²) in [5.41, 5.74) is 5.86. The third-order valence-electron chi connectivity index (χ3n) is 7.77. The van der Waals surface area contributed by atoms with Crippen molar-refractivity contribution in [2.75, 3.05) is 16.8 Å². The van der Waals surface area contributed by atoms with Gasteiger partial charge in [-0.05, 0) is 67.1 Å². The number of carbonyl (C=O) groups is 2. The molecule has 0 saturated heterocycles. The average molecular weight is 556 g/mol. The summed E-state index contributed by atoms with van der Waals surface area (Å²) in [4.78, 5) is 44.5. The van der Waals surface area contributed by atoms with Crippen molar-refractivity contribution in [3.63, 3.8) is 0 Å². The first-order valence-corrected chi connectivity index (χ1v) is 13.7. The lowest BCUT2D eigenvalue weighted by molar-refractivity contribution is -0.142. The van der Waals surface area contributed by atoms with Gasteiger partial charge in [-0.1, -0.05) is 12.1 Å². The molecule has 0 fully saturated rings. The lowest BCUT2D eigenvalue weighted by Crippen LogP contribution is -2.41. The van der Waals surface area contributed by atoms with Crippen molar-refractivity contribution in [2.45, 2.75) is 45.8 Å². The third kappa shape index (κ3) is 5.01. The van der Waals surface area contributed by atoms with E-state index in [0.29, 0.717) is 47.0 Å². The van der Waals surface area contributed by atoms with E-state index >= 15 is 0 Å². The van der Waals surface area contributed by atoms with Crippen LogP contribution in [0.1, 0.15) is 47.1 Å². The Balaban J connectivity index is 1.42. The van der Waals surface area contributed by atoms with Crippen LogP contribution < -0.4 is 15.8 Å². The number of rotatable bonds is 6. The Morgan fingerprint density at radius 1 is 1.10 bits per heavy atom. The lowest BCUT2D eigenvalue weighted by Gasteiger charge is -2.32. The highest BCUT2D eigenvalue weighted by Gasteiger charge is 2.32. The second kappa shape index (κ2) is 10.7. The number of aryl methyl sites for hydroxylation is 2. The maximum atomic E-state index is 13.9. The molecule has 6 rings (SSSR count). The molecule has 0 saturated carbocycles. The van der Waals surface area contributed by atoms with Gasteiger partial charge in [0, 0.05) is 50.1 Å². The maximum Gasteiger partial charge on any atom is 0.302 e. The van der Waals surface area contributed by atoms with E-state index in [9.17, 15) is 18.8 Å². The number of ether oxygens (including phenoxy) is 1. The number of anilines is 3. The van der Waals surface area contributed by atoms with E-state index in [4.69, 9.17) is 4.74 Å². The molecule has 41 heavy (non-hydrogen) atoms. The highest BCUT2D eigenvalue weighted by atomic mass is 19.1. The molecule has 1 aliphatic carbocycles. The molecule has 4 aromatic rings. The van der Waals surface area contributed by atoms with Crippen LogP contribution in [0, 0.1) is 5.82 Å². The molecule has 0 unspecified atom stereocenters. The van der Waals surface area contributed by atoms with Crippen molar-refractivity contribution < 1.29 is 18.7 Å². The SMILES string of the molecule is CC(=O)OCc1c(-c2cc(Nc3ccc(F)cn3)c(=O)n(C)c2)cccc1N1CCn2c(cc3c2CCCC3)C1=O. The van der Waals surface area contributed by atoms with Gasteiger partial charge < -0.3 is 24.1 Å². The van der Waals surface area contributed by atoms with Crippen LogP contribution in [0.2, 0.25) is 0 Å². The van der Waals surface area contributed by atoms with E-state index in [1.165, 1.54) is 34.9 Å². The number of nitrogens with zero attached hydrogens (tertiary/aromatic N) is 4. The Bertz CT molecular complexity index is 1720. The van der Waals surface area contributed by atoms with Gasteiger partial charge in [0.1, 0.15) is 29.6 Å². The molecule has 1 N–H and O–H groups in total. The zero-order valence-corrected chi connectivity index (χ0v) is 22.9. The molecule has 0 bridgehead atoms. The number of aromatic nitrogens is 3. The van der Waals surface area contributed by atoms with Gasteiger partial charge in [-0.3, -0.25) is 14.4 Å². The molecule has 10 heteroatoms. The van der Waals surface area contributed by atoms with Gasteiger partial charge in [0.2, 0.25) is 0 Å². The monoisotopic (exact) mass is 555 g/mol. The van der Waals surface area contributed by atoms with E-state index in [2.05, 4.69) is 14.9 Å². The molecular weight excluding hydrogens is 525 g/mol. The van der Waals surface area contributed by atoms with Crippen molar-refractivity contribution >= 4 is 29.1 Å². The molecule has 1 aromatic carbocycles. The predicted molar refractivity (Wildman–Crippen MR) is 153 cm³/mol. The molecule has 0 spiro atoms. The Labute approximate surface area is 236 Å². The van der Waals surface area contributed by atoms with E-state index in [0.717, 1.165) is 31.9 Å². The Hall–Kier alpha value is -4.73. The van der Waals surface area contributed by atoms with Crippen LogP contribution in [0.3, 0.4) is 0 Å². The van der Waals surface area contributed by atoms with Crippen LogP contribution in [0.25, 0.3) is 11.1 Å². The van der Waals surface area contributed by atoms with Crippen molar-refractivity contribution in [3.05, 3.63) is 93.5 Å². The lowest BCUT2D eigenvalue weighted by atomic mass is 9.98. The largest absolute Gasteiger partial charge is 0.461 e. The van der Waals surface area contributed by atoms with Crippen molar-refractivity contribution in [1.29, 1.82) is 0 Å². The van der Waals surface area contributed by atoms with E-state index in [1.807, 2.05) is 24.3 Å². The summed E-state index contributed by atoms with van der Waals surface area (Å²) in [6, 6.07) is 12.0. The highest BCUT2D eigenvalue weighted by Crippen LogP contribution is 2.36. The number of hydrogen-bond acceptors (Lipinski definition) is 6. The zero-order valence-electron chi connectivity index (χ0n) is 22.9. The molecule has 9 nitrogen and oxygen atoms in total. The number of halogens is 1. The summed E-state index contributed by atoms with van der Waals surface area (Å²) >= 11 is 0. The Morgan fingerprint density at radius 3 is 2.71 bits per heavy atom. The van der Waals surface area contributed by atoms with Gasteiger partial charge >= 0.3 is 5.97 Å².